The van der Waals surface area contributed by atoms with E-state index in [1.165, 1.54) is 30.5 Å². The van der Waals surface area contributed by atoms with Gasteiger partial charge in [-0.2, -0.15) is 0 Å². The smallest absolute Gasteiger partial charge is 0.305 e. The monoisotopic (exact) mass is 452 g/mol. The summed E-state index contributed by atoms with van der Waals surface area (Å²) in [7, 11) is 1.37. The molecule has 1 amide bonds. The van der Waals surface area contributed by atoms with Gasteiger partial charge in [-0.1, -0.05) is 73.2 Å². The quantitative estimate of drug-likeness (QED) is 0.534. The van der Waals surface area contributed by atoms with E-state index in [0.29, 0.717) is 6.42 Å². The second-order valence-electron chi connectivity index (χ2n) is 7.07. The number of hydrogen-bond acceptors (Lipinski definition) is 6. The van der Waals surface area contributed by atoms with Crippen LogP contribution in [0.15, 0.2) is 72.9 Å². The highest BCUT2D eigenvalue weighted by Crippen LogP contribution is 2.26. The Morgan fingerprint density at radius 3 is 2.06 bits per heavy atom. The summed E-state index contributed by atoms with van der Waals surface area (Å²) in [6.07, 6.45) is 2.52. The second kappa shape index (κ2) is 15.0. The molecule has 1 aromatic heterocycles. The van der Waals surface area contributed by atoms with Crippen molar-refractivity contribution in [3.8, 4) is 11.5 Å². The molecular formula is C26H32N2O5. The molecule has 3 N–H and O–H groups in total. The number of amides is 1. The molecule has 7 heteroatoms. The molecular weight excluding hydrogens is 420 g/mol. The number of esters is 1. The van der Waals surface area contributed by atoms with Crippen molar-refractivity contribution in [2.45, 2.75) is 39.7 Å². The summed E-state index contributed by atoms with van der Waals surface area (Å²) in [5, 5.41) is 9.27. The molecule has 0 fully saturated rings. The number of pyridine rings is 1. The van der Waals surface area contributed by atoms with E-state index in [9.17, 15) is 14.7 Å². The van der Waals surface area contributed by atoms with E-state index >= 15 is 0 Å². The van der Waals surface area contributed by atoms with Crippen LogP contribution in [-0.4, -0.2) is 35.2 Å². The van der Waals surface area contributed by atoms with Crippen LogP contribution in [0.2, 0.25) is 0 Å². The zero-order valence-electron chi connectivity index (χ0n) is 19.5. The van der Waals surface area contributed by atoms with Gasteiger partial charge in [0.1, 0.15) is 6.10 Å². The van der Waals surface area contributed by atoms with Crippen LogP contribution in [-0.2, 0) is 16.0 Å². The summed E-state index contributed by atoms with van der Waals surface area (Å²) in [4.78, 5) is 25.2. The van der Waals surface area contributed by atoms with Gasteiger partial charge >= 0.3 is 5.97 Å². The fraction of sp³-hybridized carbons (Fsp3) is 0.269. The SMILES string of the molecule is CCC(=O)OC(C)Cc1ccccc1.COc1ccnc(C(N)=O)c1O.Cc1ccccc1. The van der Waals surface area contributed by atoms with Gasteiger partial charge in [-0.15, -0.1) is 0 Å². The minimum absolute atomic E-state index is 0.0372. The molecule has 1 atom stereocenters. The first-order valence-corrected chi connectivity index (χ1v) is 10.5. The molecule has 0 spiro atoms. The van der Waals surface area contributed by atoms with Crippen LogP contribution < -0.4 is 10.5 Å². The lowest BCUT2D eigenvalue weighted by Crippen LogP contribution is -2.16. The Balaban J connectivity index is 0.000000260. The number of aryl methyl sites for hydroxylation is 1. The Morgan fingerprint density at radius 2 is 1.61 bits per heavy atom. The van der Waals surface area contributed by atoms with E-state index in [-0.39, 0.29) is 29.3 Å². The van der Waals surface area contributed by atoms with E-state index in [2.05, 4.69) is 24.0 Å². The molecule has 0 saturated carbocycles. The first-order chi connectivity index (χ1) is 15.8. The van der Waals surface area contributed by atoms with E-state index in [4.69, 9.17) is 15.2 Å². The number of aromatic hydroxyl groups is 1. The van der Waals surface area contributed by atoms with E-state index in [1.54, 1.807) is 6.92 Å². The standard InChI is InChI=1S/C12H16O2.C7H8N2O3.C7H8/c1-3-12(13)14-10(2)9-11-7-5-4-6-8-11;1-12-4-2-3-9-5(6(4)10)7(8)11;1-7-5-3-2-4-6-7/h4-8,10H,3,9H2,1-2H3;2-3,10H,1H3,(H2,8,11);2-6H,1H3. The molecule has 0 bridgehead atoms. The third kappa shape index (κ3) is 10.8. The molecule has 3 rings (SSSR count). The van der Waals surface area contributed by atoms with Gasteiger partial charge < -0.3 is 20.3 Å². The molecule has 176 valence electrons. The number of carbonyl (C=O) groups is 2. The average Bonchev–Trinajstić information content (AvgIpc) is 2.81. The number of ether oxygens (including phenoxy) is 2. The summed E-state index contributed by atoms with van der Waals surface area (Å²) < 4.78 is 9.90. The number of rotatable bonds is 6. The largest absolute Gasteiger partial charge is 0.503 e. The predicted octanol–water partition coefficient (Wildman–Crippen LogP) is 4.46. The molecule has 0 aliphatic rings. The maximum atomic E-state index is 11.0. The summed E-state index contributed by atoms with van der Waals surface area (Å²) in [6.45, 7) is 5.80. The topological polar surface area (TPSA) is 112 Å². The number of carbonyl (C=O) groups excluding carboxylic acids is 2. The minimum Gasteiger partial charge on any atom is -0.503 e. The normalized spacial score (nSPS) is 10.4. The molecule has 0 radical (unpaired) electrons. The van der Waals surface area contributed by atoms with Crippen LogP contribution in [0.1, 0.15) is 41.9 Å². The van der Waals surface area contributed by atoms with Gasteiger partial charge in [-0.25, -0.2) is 4.98 Å². The average molecular weight is 453 g/mol. The number of aromatic nitrogens is 1. The highest BCUT2D eigenvalue weighted by molar-refractivity contribution is 5.94. The van der Waals surface area contributed by atoms with Crippen molar-refractivity contribution in [1.29, 1.82) is 0 Å². The number of hydrogen-bond donors (Lipinski definition) is 2. The molecule has 0 aliphatic carbocycles. The lowest BCUT2D eigenvalue weighted by Gasteiger charge is -2.12. The number of nitrogens with zero attached hydrogens (tertiary/aromatic N) is 1. The number of nitrogens with two attached hydrogens (primary N) is 1. The predicted molar refractivity (Wildman–Crippen MR) is 128 cm³/mol. The van der Waals surface area contributed by atoms with Gasteiger partial charge in [0, 0.05) is 25.1 Å². The van der Waals surface area contributed by atoms with Gasteiger partial charge in [0.2, 0.25) is 0 Å². The maximum absolute atomic E-state index is 11.0. The zero-order valence-corrected chi connectivity index (χ0v) is 19.5. The van der Waals surface area contributed by atoms with Crippen molar-refractivity contribution < 1.29 is 24.2 Å². The zero-order chi connectivity index (χ0) is 24.6. The van der Waals surface area contributed by atoms with Crippen LogP contribution >= 0.6 is 0 Å². The van der Waals surface area contributed by atoms with Crippen molar-refractivity contribution in [3.05, 3.63) is 89.7 Å². The summed E-state index contributed by atoms with van der Waals surface area (Å²) in [5.41, 5.74) is 7.26. The molecule has 2 aromatic carbocycles. The maximum Gasteiger partial charge on any atom is 0.305 e. The lowest BCUT2D eigenvalue weighted by molar-refractivity contribution is -0.147. The van der Waals surface area contributed by atoms with Crippen LogP contribution in [0.4, 0.5) is 0 Å². The number of primary amides is 1. The van der Waals surface area contributed by atoms with Crippen molar-refractivity contribution >= 4 is 11.9 Å². The first-order valence-electron chi connectivity index (χ1n) is 10.5. The van der Waals surface area contributed by atoms with Crippen LogP contribution in [0, 0.1) is 6.92 Å². The Hall–Kier alpha value is -3.87. The summed E-state index contributed by atoms with van der Waals surface area (Å²) in [6, 6.07) is 21.7. The lowest BCUT2D eigenvalue weighted by atomic mass is 10.1. The fourth-order valence-electron chi connectivity index (χ4n) is 2.61. The molecule has 3 aromatic rings. The molecule has 7 nitrogen and oxygen atoms in total. The fourth-order valence-corrected chi connectivity index (χ4v) is 2.61. The van der Waals surface area contributed by atoms with E-state index in [1.807, 2.05) is 55.5 Å². The van der Waals surface area contributed by atoms with Gasteiger partial charge in [0.15, 0.2) is 17.2 Å². The van der Waals surface area contributed by atoms with E-state index < -0.39 is 5.91 Å². The highest BCUT2D eigenvalue weighted by atomic mass is 16.5. The number of methoxy groups -OCH3 is 1. The van der Waals surface area contributed by atoms with Gasteiger partial charge in [0.05, 0.1) is 7.11 Å². The Morgan fingerprint density at radius 1 is 1.03 bits per heavy atom. The molecule has 33 heavy (non-hydrogen) atoms. The van der Waals surface area contributed by atoms with Crippen LogP contribution in [0.3, 0.4) is 0 Å². The molecule has 1 heterocycles. The third-order valence-electron chi connectivity index (χ3n) is 4.27. The highest BCUT2D eigenvalue weighted by Gasteiger charge is 2.12. The van der Waals surface area contributed by atoms with Gasteiger partial charge in [-0.05, 0) is 19.4 Å². The number of benzene rings is 2. The molecule has 0 saturated heterocycles. The third-order valence-corrected chi connectivity index (χ3v) is 4.27. The van der Waals surface area contributed by atoms with E-state index in [0.717, 1.165) is 6.42 Å². The Kier molecular flexibility index (Phi) is 12.4. The second-order valence-corrected chi connectivity index (χ2v) is 7.07. The van der Waals surface area contributed by atoms with Crippen LogP contribution in [0.5, 0.6) is 11.5 Å². The van der Waals surface area contributed by atoms with Crippen LogP contribution in [0.25, 0.3) is 0 Å². The van der Waals surface area contributed by atoms with Crippen molar-refractivity contribution in [1.82, 2.24) is 4.98 Å². The van der Waals surface area contributed by atoms with Gasteiger partial charge in [-0.3, -0.25) is 9.59 Å². The molecule has 0 aliphatic heterocycles. The minimum atomic E-state index is -0.786. The Bertz CT molecular complexity index is 978. The van der Waals surface area contributed by atoms with Crippen molar-refractivity contribution in [2.75, 3.05) is 7.11 Å². The summed E-state index contributed by atoms with van der Waals surface area (Å²) >= 11 is 0. The van der Waals surface area contributed by atoms with Gasteiger partial charge in [0.25, 0.3) is 5.91 Å². The summed E-state index contributed by atoms with van der Waals surface area (Å²) in [5.74, 6) is -1.06. The Labute approximate surface area is 195 Å². The molecule has 1 unspecified atom stereocenters. The van der Waals surface area contributed by atoms with Crippen molar-refractivity contribution in [2.24, 2.45) is 5.73 Å². The first kappa shape index (κ1) is 27.2. The van der Waals surface area contributed by atoms with Crippen molar-refractivity contribution in [3.63, 3.8) is 0 Å².